The second-order valence-electron chi connectivity index (χ2n) is 30.7. The van der Waals surface area contributed by atoms with Gasteiger partial charge in [-0.2, -0.15) is 0 Å². The Bertz CT molecular complexity index is 1980. The molecule has 3 N–H and O–H groups in total. The topological polar surface area (TPSA) is 237 Å². The molecule has 0 aliphatic heterocycles. The molecule has 19 heteroatoms. The van der Waals surface area contributed by atoms with Crippen LogP contribution in [0.15, 0.2) is 0 Å². The van der Waals surface area contributed by atoms with E-state index < -0.39 is 97.5 Å². The lowest BCUT2D eigenvalue weighted by molar-refractivity contribution is -0.161. The number of aliphatic hydroxyl groups excluding tert-OH is 1. The second kappa shape index (κ2) is 71.0. The first-order chi connectivity index (χ1) is 48.7. The molecule has 0 saturated heterocycles. The van der Waals surface area contributed by atoms with E-state index in [4.69, 9.17) is 37.0 Å². The van der Waals surface area contributed by atoms with Crippen LogP contribution < -0.4 is 0 Å². The molecule has 101 heavy (non-hydrogen) atoms. The van der Waals surface area contributed by atoms with Crippen LogP contribution in [0.1, 0.15) is 421 Å². The summed E-state index contributed by atoms with van der Waals surface area (Å²) in [5, 5.41) is 10.7. The molecule has 5 unspecified atom stereocenters. The van der Waals surface area contributed by atoms with Crippen molar-refractivity contribution in [3.63, 3.8) is 0 Å². The number of carbonyl (C=O) groups is 4. The number of phosphoric ester groups is 2. The molecule has 8 atom stereocenters. The van der Waals surface area contributed by atoms with Crippen LogP contribution in [0.25, 0.3) is 0 Å². The van der Waals surface area contributed by atoms with E-state index in [1.165, 1.54) is 218 Å². The highest BCUT2D eigenvalue weighted by molar-refractivity contribution is 7.47. The Morgan fingerprint density at radius 2 is 0.475 bits per heavy atom. The van der Waals surface area contributed by atoms with Crippen LogP contribution in [0.5, 0.6) is 0 Å². The van der Waals surface area contributed by atoms with Gasteiger partial charge in [-0.15, -0.1) is 0 Å². The zero-order chi connectivity index (χ0) is 74.6. The van der Waals surface area contributed by atoms with Crippen molar-refractivity contribution in [1.29, 1.82) is 0 Å². The van der Waals surface area contributed by atoms with Gasteiger partial charge in [0, 0.05) is 25.7 Å². The van der Waals surface area contributed by atoms with Crippen molar-refractivity contribution >= 4 is 39.5 Å². The number of unbranched alkanes of at least 4 members (excludes halogenated alkanes) is 42. The number of rotatable bonds is 79. The molecule has 0 aliphatic carbocycles. The average Bonchev–Trinajstić information content (AvgIpc) is 0.961. The summed E-state index contributed by atoms with van der Waals surface area (Å²) in [5.41, 5.74) is 0. The number of phosphoric acid groups is 2. The van der Waals surface area contributed by atoms with Crippen molar-refractivity contribution in [2.24, 2.45) is 23.7 Å². The lowest BCUT2D eigenvalue weighted by Gasteiger charge is -2.21. The Morgan fingerprint density at radius 1 is 0.277 bits per heavy atom. The number of aliphatic hydroxyl groups is 1. The van der Waals surface area contributed by atoms with E-state index >= 15 is 0 Å². The Morgan fingerprint density at radius 3 is 0.703 bits per heavy atom. The maximum absolute atomic E-state index is 13.1. The fourth-order valence-electron chi connectivity index (χ4n) is 12.5. The molecule has 17 nitrogen and oxygen atoms in total. The first kappa shape index (κ1) is 99.1. The third-order valence-corrected chi connectivity index (χ3v) is 22.1. The van der Waals surface area contributed by atoms with Crippen molar-refractivity contribution in [3.05, 3.63) is 0 Å². The third kappa shape index (κ3) is 72.1. The fourth-order valence-corrected chi connectivity index (χ4v) is 14.1. The van der Waals surface area contributed by atoms with Crippen LogP contribution in [0.2, 0.25) is 0 Å². The fraction of sp³-hybridized carbons (Fsp3) is 0.951. The molecule has 0 amide bonds. The molecular formula is C82H160O17P2. The molecule has 0 aliphatic rings. The Hall–Kier alpha value is -1.94. The van der Waals surface area contributed by atoms with E-state index in [0.29, 0.717) is 25.7 Å². The molecular weight excluding hydrogens is 1320 g/mol. The van der Waals surface area contributed by atoms with E-state index in [2.05, 4.69) is 55.4 Å². The minimum absolute atomic E-state index is 0.106. The van der Waals surface area contributed by atoms with Gasteiger partial charge in [-0.05, 0) is 49.4 Å². The quantitative estimate of drug-likeness (QED) is 0.0222. The molecule has 0 heterocycles. The predicted octanol–water partition coefficient (Wildman–Crippen LogP) is 24.4. The minimum Gasteiger partial charge on any atom is -0.462 e. The van der Waals surface area contributed by atoms with Crippen molar-refractivity contribution in [3.8, 4) is 0 Å². The van der Waals surface area contributed by atoms with Crippen molar-refractivity contribution < 1.29 is 80.2 Å². The van der Waals surface area contributed by atoms with Crippen LogP contribution in [-0.4, -0.2) is 96.7 Å². The van der Waals surface area contributed by atoms with E-state index in [1.54, 1.807) is 0 Å². The van der Waals surface area contributed by atoms with Crippen molar-refractivity contribution in [2.45, 2.75) is 440 Å². The number of hydrogen-bond acceptors (Lipinski definition) is 15. The molecule has 0 rings (SSSR count). The molecule has 0 fully saturated rings. The summed E-state index contributed by atoms with van der Waals surface area (Å²) in [6.45, 7) is 14.3. The predicted molar refractivity (Wildman–Crippen MR) is 414 cm³/mol. The summed E-state index contributed by atoms with van der Waals surface area (Å²) in [6.07, 6.45) is 58.1. The smallest absolute Gasteiger partial charge is 0.462 e. The molecule has 0 aromatic heterocycles. The van der Waals surface area contributed by atoms with Gasteiger partial charge in [-0.3, -0.25) is 37.3 Å². The highest BCUT2D eigenvalue weighted by Crippen LogP contribution is 2.45. The zero-order valence-corrected chi connectivity index (χ0v) is 68.3. The molecule has 0 aromatic carbocycles. The van der Waals surface area contributed by atoms with E-state index in [9.17, 15) is 43.2 Å². The maximum Gasteiger partial charge on any atom is 0.472 e. The van der Waals surface area contributed by atoms with Crippen molar-refractivity contribution in [1.82, 2.24) is 0 Å². The first-order valence-corrected chi connectivity index (χ1v) is 45.3. The van der Waals surface area contributed by atoms with Crippen LogP contribution in [0.3, 0.4) is 0 Å². The van der Waals surface area contributed by atoms with Crippen LogP contribution in [0, 0.1) is 23.7 Å². The lowest BCUT2D eigenvalue weighted by Crippen LogP contribution is -2.30. The Kier molecular flexibility index (Phi) is 69.6. The van der Waals surface area contributed by atoms with Crippen LogP contribution in [0.4, 0.5) is 0 Å². The van der Waals surface area contributed by atoms with E-state index in [1.807, 2.05) is 0 Å². The van der Waals surface area contributed by atoms with Crippen LogP contribution in [-0.2, 0) is 65.4 Å². The molecule has 0 aromatic rings. The van der Waals surface area contributed by atoms with Gasteiger partial charge in [0.15, 0.2) is 12.2 Å². The van der Waals surface area contributed by atoms with Gasteiger partial charge in [0.05, 0.1) is 26.4 Å². The van der Waals surface area contributed by atoms with Gasteiger partial charge in [0.2, 0.25) is 0 Å². The van der Waals surface area contributed by atoms with Gasteiger partial charge in [-0.25, -0.2) is 9.13 Å². The zero-order valence-electron chi connectivity index (χ0n) is 66.5. The third-order valence-electron chi connectivity index (χ3n) is 20.2. The summed E-state index contributed by atoms with van der Waals surface area (Å²) in [4.78, 5) is 73.1. The lowest BCUT2D eigenvalue weighted by atomic mass is 9.99. The van der Waals surface area contributed by atoms with E-state index in [-0.39, 0.29) is 25.7 Å². The highest BCUT2D eigenvalue weighted by atomic mass is 31.2. The molecule has 0 radical (unpaired) electrons. The summed E-state index contributed by atoms with van der Waals surface area (Å²) < 4.78 is 68.8. The summed E-state index contributed by atoms with van der Waals surface area (Å²) >= 11 is 0. The number of hydrogen-bond donors (Lipinski definition) is 3. The summed E-state index contributed by atoms with van der Waals surface area (Å²) in [5.74, 6) is 1.09. The minimum atomic E-state index is -4.96. The molecule has 0 bridgehead atoms. The van der Waals surface area contributed by atoms with E-state index in [0.717, 1.165) is 120 Å². The van der Waals surface area contributed by atoms with Gasteiger partial charge < -0.3 is 33.8 Å². The standard InChI is InChI=1S/C82H160O17P2/c1-9-73(6)59-51-43-35-29-23-16-12-14-18-26-32-38-48-56-64-81(86)98-77(68-92-79(84)62-54-46-37-31-25-21-20-22-28-34-42-50-58-72(4)5)70-96-100(88,89)94-66-76(83)67-95-101(90,91)97-71-78(69-93-80(85)63-55-47-41-40-45-53-61-75(8)11-3)99-82(87)65-57-49-39-33-27-19-15-13-17-24-30-36-44-52-60-74(7)10-2/h72-78,83H,9-71H2,1-8H3,(H,88,89)(H,90,91)/t73?,74?,75?,76-,77-,78-/m1/s1. The first-order valence-electron chi connectivity index (χ1n) is 42.3. The molecule has 0 saturated carbocycles. The van der Waals surface area contributed by atoms with Gasteiger partial charge >= 0.3 is 39.5 Å². The average molecular weight is 1480 g/mol. The van der Waals surface area contributed by atoms with Gasteiger partial charge in [0.25, 0.3) is 0 Å². The molecule has 0 spiro atoms. The number of carbonyl (C=O) groups excluding carboxylic acids is 4. The monoisotopic (exact) mass is 1480 g/mol. The highest BCUT2D eigenvalue weighted by Gasteiger charge is 2.30. The number of ether oxygens (including phenoxy) is 4. The number of esters is 4. The normalized spacial score (nSPS) is 14.8. The largest absolute Gasteiger partial charge is 0.472 e. The summed E-state index contributed by atoms with van der Waals surface area (Å²) in [6, 6.07) is 0. The van der Waals surface area contributed by atoms with Crippen LogP contribution >= 0.6 is 15.6 Å². The van der Waals surface area contributed by atoms with Crippen molar-refractivity contribution in [2.75, 3.05) is 39.6 Å². The Labute approximate surface area is 619 Å². The maximum atomic E-state index is 13.1. The molecule has 600 valence electrons. The summed E-state index contributed by atoms with van der Waals surface area (Å²) in [7, 11) is -9.92. The van der Waals surface area contributed by atoms with Gasteiger partial charge in [-0.1, -0.05) is 370 Å². The second-order valence-corrected chi connectivity index (χ2v) is 33.6. The Balaban J connectivity index is 5.25. The SMILES string of the molecule is CCC(C)CCCCCCCCCCCCCCCCC(=O)O[C@H](COC(=O)CCCCCCCCCCCCCCC(C)C)COP(=O)(O)OC[C@@H](O)COP(=O)(O)OC[C@@H](COC(=O)CCCCCCCCC(C)CC)OC(=O)CCCCCCCCCCCCCCCCC(C)CC. The van der Waals surface area contributed by atoms with Gasteiger partial charge in [0.1, 0.15) is 19.3 Å².